The second kappa shape index (κ2) is 5.50. The Labute approximate surface area is 92.8 Å². The normalized spacial score (nSPS) is 17.9. The molecule has 1 heterocycles. The van der Waals surface area contributed by atoms with E-state index in [1.165, 1.54) is 0 Å². The number of rotatable bonds is 4. The minimum Gasteiger partial charge on any atom is -0.378 e. The van der Waals surface area contributed by atoms with Gasteiger partial charge in [-0.1, -0.05) is 20.8 Å². The van der Waals surface area contributed by atoms with E-state index in [4.69, 9.17) is 4.74 Å². The molecule has 1 aliphatic rings. The van der Waals surface area contributed by atoms with Crippen molar-refractivity contribution >= 4 is 5.91 Å². The zero-order valence-electron chi connectivity index (χ0n) is 10.2. The summed E-state index contributed by atoms with van der Waals surface area (Å²) in [5.74, 6) is 0.332. The summed E-state index contributed by atoms with van der Waals surface area (Å²) in [5, 5.41) is 0. The quantitative estimate of drug-likeness (QED) is 0.715. The lowest BCUT2D eigenvalue weighted by Gasteiger charge is -2.37. The van der Waals surface area contributed by atoms with Crippen LogP contribution in [0.5, 0.6) is 0 Å². The third kappa shape index (κ3) is 2.51. The molecule has 1 amide bonds. The number of morpholine rings is 1. The maximum absolute atomic E-state index is 12.4. The van der Waals surface area contributed by atoms with Crippen LogP contribution in [0.15, 0.2) is 0 Å². The molecule has 0 aromatic rings. The van der Waals surface area contributed by atoms with E-state index in [2.05, 4.69) is 20.8 Å². The van der Waals surface area contributed by atoms with Crippen LogP contribution >= 0.6 is 0 Å². The van der Waals surface area contributed by atoms with E-state index in [0.717, 1.165) is 32.4 Å². The molecule has 15 heavy (non-hydrogen) atoms. The first-order valence-corrected chi connectivity index (χ1v) is 6.07. The van der Waals surface area contributed by atoms with Crippen molar-refractivity contribution in [3.8, 4) is 0 Å². The molecule has 0 aromatic carbocycles. The molecule has 0 spiro atoms. The standard InChI is InChI=1S/C12H23NO2/c1-4-12(5-2,6-3)11(14)13-7-9-15-10-8-13/h4-10H2,1-3H3. The Bertz CT molecular complexity index is 197. The van der Waals surface area contributed by atoms with Gasteiger partial charge in [0.1, 0.15) is 0 Å². The van der Waals surface area contributed by atoms with Crippen molar-refractivity contribution in [2.75, 3.05) is 26.3 Å². The lowest BCUT2D eigenvalue weighted by Crippen LogP contribution is -2.48. The Kier molecular flexibility index (Phi) is 4.58. The Hall–Kier alpha value is -0.570. The predicted molar refractivity (Wildman–Crippen MR) is 60.7 cm³/mol. The van der Waals surface area contributed by atoms with Gasteiger partial charge in [0, 0.05) is 18.5 Å². The molecular weight excluding hydrogens is 190 g/mol. The number of carbonyl (C=O) groups excluding carboxylic acids is 1. The predicted octanol–water partition coefficient (Wildman–Crippen LogP) is 2.06. The highest BCUT2D eigenvalue weighted by atomic mass is 16.5. The number of hydrogen-bond acceptors (Lipinski definition) is 2. The van der Waals surface area contributed by atoms with Gasteiger partial charge in [-0.05, 0) is 19.3 Å². The Balaban J connectivity index is 2.70. The van der Waals surface area contributed by atoms with E-state index in [0.29, 0.717) is 19.1 Å². The smallest absolute Gasteiger partial charge is 0.228 e. The van der Waals surface area contributed by atoms with E-state index in [-0.39, 0.29) is 5.41 Å². The van der Waals surface area contributed by atoms with Crippen molar-refractivity contribution < 1.29 is 9.53 Å². The second-order valence-corrected chi connectivity index (χ2v) is 4.25. The number of amides is 1. The Morgan fingerprint density at radius 3 is 2.00 bits per heavy atom. The van der Waals surface area contributed by atoms with Gasteiger partial charge in [0.05, 0.1) is 13.2 Å². The first kappa shape index (κ1) is 12.5. The van der Waals surface area contributed by atoms with Gasteiger partial charge < -0.3 is 9.64 Å². The zero-order valence-corrected chi connectivity index (χ0v) is 10.2. The van der Waals surface area contributed by atoms with Crippen LogP contribution in [0.3, 0.4) is 0 Å². The monoisotopic (exact) mass is 213 g/mol. The average molecular weight is 213 g/mol. The van der Waals surface area contributed by atoms with Crippen molar-refractivity contribution in [2.24, 2.45) is 5.41 Å². The van der Waals surface area contributed by atoms with E-state index in [1.807, 2.05) is 4.90 Å². The molecule has 0 N–H and O–H groups in total. The fraction of sp³-hybridized carbons (Fsp3) is 0.917. The van der Waals surface area contributed by atoms with Crippen LogP contribution in [0.1, 0.15) is 40.0 Å². The number of carbonyl (C=O) groups is 1. The maximum Gasteiger partial charge on any atom is 0.228 e. The molecule has 88 valence electrons. The van der Waals surface area contributed by atoms with Crippen LogP contribution < -0.4 is 0 Å². The summed E-state index contributed by atoms with van der Waals surface area (Å²) in [6.45, 7) is 9.27. The number of nitrogens with zero attached hydrogens (tertiary/aromatic N) is 1. The van der Waals surface area contributed by atoms with Crippen molar-refractivity contribution in [3.05, 3.63) is 0 Å². The fourth-order valence-corrected chi connectivity index (χ4v) is 2.31. The van der Waals surface area contributed by atoms with Gasteiger partial charge in [0.25, 0.3) is 0 Å². The van der Waals surface area contributed by atoms with E-state index in [9.17, 15) is 4.79 Å². The largest absolute Gasteiger partial charge is 0.378 e. The summed E-state index contributed by atoms with van der Waals surface area (Å²) in [6.07, 6.45) is 2.82. The van der Waals surface area contributed by atoms with Gasteiger partial charge in [-0.25, -0.2) is 0 Å². The van der Waals surface area contributed by atoms with Crippen molar-refractivity contribution in [2.45, 2.75) is 40.0 Å². The molecule has 1 aliphatic heterocycles. The molecular formula is C12H23NO2. The van der Waals surface area contributed by atoms with E-state index in [1.54, 1.807) is 0 Å². The molecule has 0 aromatic heterocycles. The molecule has 0 unspecified atom stereocenters. The van der Waals surface area contributed by atoms with Crippen LogP contribution in [0.25, 0.3) is 0 Å². The summed E-state index contributed by atoms with van der Waals surface area (Å²) in [7, 11) is 0. The summed E-state index contributed by atoms with van der Waals surface area (Å²) in [6, 6.07) is 0. The molecule has 1 saturated heterocycles. The molecule has 0 aliphatic carbocycles. The van der Waals surface area contributed by atoms with Crippen LogP contribution in [0.2, 0.25) is 0 Å². The number of ether oxygens (including phenoxy) is 1. The van der Waals surface area contributed by atoms with Gasteiger partial charge in [0.15, 0.2) is 0 Å². The fourth-order valence-electron chi connectivity index (χ4n) is 2.31. The highest BCUT2D eigenvalue weighted by Gasteiger charge is 2.36. The van der Waals surface area contributed by atoms with Gasteiger partial charge in [-0.2, -0.15) is 0 Å². The maximum atomic E-state index is 12.4. The summed E-state index contributed by atoms with van der Waals surface area (Å²) >= 11 is 0. The third-order valence-electron chi connectivity index (χ3n) is 3.78. The van der Waals surface area contributed by atoms with Crippen LogP contribution in [0, 0.1) is 5.41 Å². The first-order chi connectivity index (χ1) is 7.20. The molecule has 0 bridgehead atoms. The average Bonchev–Trinajstić information content (AvgIpc) is 2.33. The summed E-state index contributed by atoms with van der Waals surface area (Å²) in [4.78, 5) is 14.4. The van der Waals surface area contributed by atoms with Crippen molar-refractivity contribution in [1.29, 1.82) is 0 Å². The second-order valence-electron chi connectivity index (χ2n) is 4.25. The van der Waals surface area contributed by atoms with Crippen LogP contribution in [-0.4, -0.2) is 37.1 Å². The van der Waals surface area contributed by atoms with Gasteiger partial charge in [-0.3, -0.25) is 4.79 Å². The minimum atomic E-state index is -0.128. The molecule has 3 nitrogen and oxygen atoms in total. The zero-order chi connectivity index (χ0) is 11.3. The number of hydrogen-bond donors (Lipinski definition) is 0. The minimum absolute atomic E-state index is 0.128. The molecule has 0 saturated carbocycles. The molecule has 0 atom stereocenters. The van der Waals surface area contributed by atoms with E-state index >= 15 is 0 Å². The van der Waals surface area contributed by atoms with Crippen molar-refractivity contribution in [1.82, 2.24) is 4.90 Å². The summed E-state index contributed by atoms with van der Waals surface area (Å²) < 4.78 is 5.27. The highest BCUT2D eigenvalue weighted by Crippen LogP contribution is 2.32. The van der Waals surface area contributed by atoms with Gasteiger partial charge >= 0.3 is 0 Å². The van der Waals surface area contributed by atoms with E-state index < -0.39 is 0 Å². The van der Waals surface area contributed by atoms with Crippen molar-refractivity contribution in [3.63, 3.8) is 0 Å². The lowest BCUT2D eigenvalue weighted by atomic mass is 9.78. The molecule has 3 heteroatoms. The first-order valence-electron chi connectivity index (χ1n) is 6.07. The Morgan fingerprint density at radius 1 is 1.13 bits per heavy atom. The Morgan fingerprint density at radius 2 is 1.60 bits per heavy atom. The lowest BCUT2D eigenvalue weighted by molar-refractivity contribution is -0.147. The molecule has 1 rings (SSSR count). The SMILES string of the molecule is CCC(CC)(CC)C(=O)N1CCOCC1. The summed E-state index contributed by atoms with van der Waals surface area (Å²) in [5.41, 5.74) is -0.128. The van der Waals surface area contributed by atoms with Crippen LogP contribution in [-0.2, 0) is 9.53 Å². The highest BCUT2D eigenvalue weighted by molar-refractivity contribution is 5.82. The molecule has 0 radical (unpaired) electrons. The van der Waals surface area contributed by atoms with Gasteiger partial charge in [0.2, 0.25) is 5.91 Å². The van der Waals surface area contributed by atoms with Crippen LogP contribution in [0.4, 0.5) is 0 Å². The molecule has 1 fully saturated rings. The van der Waals surface area contributed by atoms with Gasteiger partial charge in [-0.15, -0.1) is 0 Å². The topological polar surface area (TPSA) is 29.5 Å². The third-order valence-corrected chi connectivity index (χ3v) is 3.78.